The van der Waals surface area contributed by atoms with E-state index < -0.39 is 0 Å². The summed E-state index contributed by atoms with van der Waals surface area (Å²) in [6, 6.07) is 35.6. The van der Waals surface area contributed by atoms with Gasteiger partial charge in [-0.25, -0.2) is 4.98 Å². The number of nitrogens with zero attached hydrogens (tertiary/aromatic N) is 3. The van der Waals surface area contributed by atoms with Gasteiger partial charge in [-0.05, 0) is 35.0 Å². The number of rotatable bonds is 2. The minimum atomic E-state index is 0.781. The van der Waals surface area contributed by atoms with Gasteiger partial charge in [0.2, 0.25) is 0 Å². The Morgan fingerprint density at radius 2 is 1.31 bits per heavy atom. The summed E-state index contributed by atoms with van der Waals surface area (Å²) >= 11 is 0. The van der Waals surface area contributed by atoms with Crippen LogP contribution in [0.15, 0.2) is 120 Å². The van der Waals surface area contributed by atoms with Crippen molar-refractivity contribution in [1.82, 2.24) is 14.5 Å². The number of hydrogen-bond acceptors (Lipinski definition) is 3. The van der Waals surface area contributed by atoms with E-state index >= 15 is 0 Å². The van der Waals surface area contributed by atoms with Crippen LogP contribution < -0.4 is 0 Å². The topological polar surface area (TPSA) is 43.9 Å². The summed E-state index contributed by atoms with van der Waals surface area (Å²) in [7, 11) is 0. The summed E-state index contributed by atoms with van der Waals surface area (Å²) in [5.74, 6) is 0.781. The van der Waals surface area contributed by atoms with Crippen molar-refractivity contribution in [1.29, 1.82) is 0 Å². The Morgan fingerprint density at radius 1 is 0.556 bits per heavy atom. The van der Waals surface area contributed by atoms with E-state index in [4.69, 9.17) is 14.4 Å². The molecule has 0 saturated heterocycles. The molecule has 0 radical (unpaired) electrons. The van der Waals surface area contributed by atoms with Crippen LogP contribution >= 0.6 is 0 Å². The fourth-order valence-corrected chi connectivity index (χ4v) is 5.51. The molecular weight excluding hydrogens is 442 g/mol. The van der Waals surface area contributed by atoms with Crippen LogP contribution in [-0.4, -0.2) is 14.5 Å². The average molecular weight is 462 g/mol. The normalized spacial score (nSPS) is 11.9. The Hall–Kier alpha value is -4.96. The first kappa shape index (κ1) is 19.4. The van der Waals surface area contributed by atoms with E-state index in [2.05, 4.69) is 89.5 Å². The third-order valence-corrected chi connectivity index (χ3v) is 7.10. The Labute approximate surface area is 206 Å². The molecule has 3 aromatic heterocycles. The second kappa shape index (κ2) is 7.27. The first-order valence-corrected chi connectivity index (χ1v) is 12.0. The van der Waals surface area contributed by atoms with E-state index in [-0.39, 0.29) is 0 Å². The van der Waals surface area contributed by atoms with Crippen molar-refractivity contribution in [2.24, 2.45) is 0 Å². The lowest BCUT2D eigenvalue weighted by Gasteiger charge is -2.09. The molecule has 0 aliphatic carbocycles. The Bertz CT molecular complexity index is 2080. The fourth-order valence-electron chi connectivity index (χ4n) is 5.51. The molecule has 0 atom stereocenters. The van der Waals surface area contributed by atoms with Gasteiger partial charge in [-0.2, -0.15) is 0 Å². The molecule has 4 heteroatoms. The first-order chi connectivity index (χ1) is 17.9. The van der Waals surface area contributed by atoms with E-state index in [1.807, 2.05) is 30.6 Å². The molecule has 0 spiro atoms. The third-order valence-electron chi connectivity index (χ3n) is 7.10. The Balaban J connectivity index is 1.52. The average Bonchev–Trinajstić information content (AvgIpc) is 3.50. The maximum Gasteiger partial charge on any atom is 0.156 e. The van der Waals surface area contributed by atoms with Gasteiger partial charge in [0.1, 0.15) is 11.2 Å². The Morgan fingerprint density at radius 3 is 2.17 bits per heavy atom. The predicted octanol–water partition coefficient (Wildman–Crippen LogP) is 8.29. The number of aromatic nitrogens is 3. The monoisotopic (exact) mass is 461 g/mol. The molecule has 0 saturated carbocycles. The highest BCUT2D eigenvalue weighted by Gasteiger charge is 2.20. The molecule has 0 N–H and O–H groups in total. The number of para-hydroxylation sites is 1. The van der Waals surface area contributed by atoms with Crippen LogP contribution in [-0.2, 0) is 0 Å². The molecule has 0 unspecified atom stereocenters. The van der Waals surface area contributed by atoms with Gasteiger partial charge in [-0.15, -0.1) is 0 Å². The van der Waals surface area contributed by atoms with Crippen LogP contribution in [0.1, 0.15) is 0 Å². The van der Waals surface area contributed by atoms with Gasteiger partial charge in [0.05, 0.1) is 34.5 Å². The zero-order chi connectivity index (χ0) is 23.6. The molecule has 8 aromatic rings. The molecule has 4 nitrogen and oxygen atoms in total. The summed E-state index contributed by atoms with van der Waals surface area (Å²) in [5, 5.41) is 6.96. The van der Waals surface area contributed by atoms with Crippen LogP contribution in [0.4, 0.5) is 0 Å². The standard InChI is InChI=1S/C32H19N3O/c1-2-9-21(10-3-1)25-18-34-29(19-33-25)35-26-13-7-6-12-23(26)24-15-17-28-31(32(24)35)30-22-11-5-4-8-20(22)14-16-27(30)36-28/h1-19H. The van der Waals surface area contributed by atoms with Crippen molar-refractivity contribution in [2.45, 2.75) is 0 Å². The lowest BCUT2D eigenvalue weighted by Crippen LogP contribution is -1.99. The molecule has 36 heavy (non-hydrogen) atoms. The quantitative estimate of drug-likeness (QED) is 0.260. The predicted molar refractivity (Wildman–Crippen MR) is 147 cm³/mol. The Kier molecular flexibility index (Phi) is 3.91. The van der Waals surface area contributed by atoms with E-state index in [1.54, 1.807) is 0 Å². The molecule has 8 rings (SSSR count). The minimum Gasteiger partial charge on any atom is -0.456 e. The molecule has 0 fully saturated rings. The molecule has 168 valence electrons. The molecule has 0 aliphatic rings. The number of hydrogen-bond donors (Lipinski definition) is 0. The molecule has 0 amide bonds. The summed E-state index contributed by atoms with van der Waals surface area (Å²) < 4.78 is 8.61. The van der Waals surface area contributed by atoms with Crippen molar-refractivity contribution >= 4 is 54.5 Å². The van der Waals surface area contributed by atoms with Crippen LogP contribution in [0.5, 0.6) is 0 Å². The summed E-state index contributed by atoms with van der Waals surface area (Å²) in [4.78, 5) is 9.69. The lowest BCUT2D eigenvalue weighted by atomic mass is 10.0. The van der Waals surface area contributed by atoms with E-state index in [0.29, 0.717) is 0 Å². The van der Waals surface area contributed by atoms with E-state index in [1.165, 1.54) is 21.5 Å². The second-order valence-corrected chi connectivity index (χ2v) is 9.08. The summed E-state index contributed by atoms with van der Waals surface area (Å²) in [5.41, 5.74) is 5.84. The van der Waals surface area contributed by atoms with Gasteiger partial charge in [0, 0.05) is 21.7 Å². The maximum absolute atomic E-state index is 6.38. The highest BCUT2D eigenvalue weighted by molar-refractivity contribution is 6.29. The molecule has 0 aliphatic heterocycles. The van der Waals surface area contributed by atoms with Gasteiger partial charge in [-0.1, -0.05) is 78.9 Å². The van der Waals surface area contributed by atoms with Crippen LogP contribution in [0.2, 0.25) is 0 Å². The van der Waals surface area contributed by atoms with Crippen LogP contribution in [0, 0.1) is 0 Å². The van der Waals surface area contributed by atoms with Gasteiger partial charge in [-0.3, -0.25) is 9.55 Å². The third kappa shape index (κ3) is 2.64. The van der Waals surface area contributed by atoms with Gasteiger partial charge in [0.15, 0.2) is 5.82 Å². The lowest BCUT2D eigenvalue weighted by molar-refractivity contribution is 0.669. The highest BCUT2D eigenvalue weighted by Crippen LogP contribution is 2.42. The first-order valence-electron chi connectivity index (χ1n) is 12.0. The van der Waals surface area contributed by atoms with Crippen molar-refractivity contribution in [3.8, 4) is 17.1 Å². The number of benzene rings is 5. The SMILES string of the molecule is c1ccc(-c2cnc(-n3c4ccccc4c4ccc5oc6ccc7ccccc7c6c5c43)cn2)cc1. The van der Waals surface area contributed by atoms with Gasteiger partial charge < -0.3 is 4.42 Å². The van der Waals surface area contributed by atoms with Gasteiger partial charge in [0.25, 0.3) is 0 Å². The van der Waals surface area contributed by atoms with Crippen LogP contribution in [0.3, 0.4) is 0 Å². The van der Waals surface area contributed by atoms with Crippen LogP contribution in [0.25, 0.3) is 71.6 Å². The minimum absolute atomic E-state index is 0.781. The highest BCUT2D eigenvalue weighted by atomic mass is 16.3. The zero-order valence-corrected chi connectivity index (χ0v) is 19.2. The van der Waals surface area contributed by atoms with Crippen molar-refractivity contribution in [2.75, 3.05) is 0 Å². The summed E-state index contributed by atoms with van der Waals surface area (Å²) in [6.45, 7) is 0. The number of furan rings is 1. The second-order valence-electron chi connectivity index (χ2n) is 9.08. The zero-order valence-electron chi connectivity index (χ0n) is 19.2. The maximum atomic E-state index is 6.38. The number of fused-ring (bicyclic) bond motifs is 9. The van der Waals surface area contributed by atoms with Crippen molar-refractivity contribution < 1.29 is 4.42 Å². The van der Waals surface area contributed by atoms with E-state index in [0.717, 1.165) is 50.0 Å². The fraction of sp³-hybridized carbons (Fsp3) is 0. The van der Waals surface area contributed by atoms with Crippen molar-refractivity contribution in [3.63, 3.8) is 0 Å². The molecular formula is C32H19N3O. The smallest absolute Gasteiger partial charge is 0.156 e. The molecule has 0 bridgehead atoms. The molecule has 3 heterocycles. The van der Waals surface area contributed by atoms with Gasteiger partial charge >= 0.3 is 0 Å². The van der Waals surface area contributed by atoms with E-state index in [9.17, 15) is 0 Å². The summed E-state index contributed by atoms with van der Waals surface area (Å²) in [6.07, 6.45) is 3.72. The largest absolute Gasteiger partial charge is 0.456 e. The molecule has 5 aromatic carbocycles. The van der Waals surface area contributed by atoms with Crippen molar-refractivity contribution in [3.05, 3.63) is 116 Å².